The number of carboxylic acid groups (broad SMARTS) is 1. The summed E-state index contributed by atoms with van der Waals surface area (Å²) in [5.74, 6) is -1.24. The molecule has 44 heavy (non-hydrogen) atoms. The third-order valence-corrected chi connectivity index (χ3v) is 8.12. The molecule has 1 fully saturated rings. The van der Waals surface area contributed by atoms with Crippen LogP contribution in [0.1, 0.15) is 54.5 Å². The molecular weight excluding hydrogens is 558 g/mol. The van der Waals surface area contributed by atoms with E-state index in [0.29, 0.717) is 32.7 Å². The first-order valence-corrected chi connectivity index (χ1v) is 15.1. The molecule has 3 aromatic carbocycles. The molecule has 2 aliphatic rings. The minimum absolute atomic E-state index is 0.00890. The Balaban J connectivity index is 1.21. The SMILES string of the molecule is Cc1c(CC(=O)O)cc(CNCC(=O)OC(C)(C)C)cc1N1CCN(C(=O)OCC2c3ccccc3-c3ccccc32)CC1. The Kier molecular flexibility index (Phi) is 9.25. The summed E-state index contributed by atoms with van der Waals surface area (Å²) in [4.78, 5) is 40.8. The van der Waals surface area contributed by atoms with Gasteiger partial charge in [-0.25, -0.2) is 4.79 Å². The molecule has 0 atom stereocenters. The molecule has 1 heterocycles. The first-order chi connectivity index (χ1) is 21.0. The Morgan fingerprint density at radius 2 is 1.55 bits per heavy atom. The van der Waals surface area contributed by atoms with E-state index in [4.69, 9.17) is 9.47 Å². The molecule has 3 aromatic rings. The van der Waals surface area contributed by atoms with Gasteiger partial charge in [0, 0.05) is 44.3 Å². The fourth-order valence-corrected chi connectivity index (χ4v) is 6.10. The third-order valence-electron chi connectivity index (χ3n) is 8.12. The summed E-state index contributed by atoms with van der Waals surface area (Å²) in [5, 5.41) is 12.6. The first-order valence-electron chi connectivity index (χ1n) is 15.1. The predicted molar refractivity (Wildman–Crippen MR) is 169 cm³/mol. The lowest BCUT2D eigenvalue weighted by atomic mass is 9.98. The van der Waals surface area contributed by atoms with Crippen molar-refractivity contribution in [2.24, 2.45) is 0 Å². The van der Waals surface area contributed by atoms with Crippen LogP contribution in [0.3, 0.4) is 0 Å². The molecule has 0 radical (unpaired) electrons. The molecule has 1 aliphatic carbocycles. The number of hydrogen-bond acceptors (Lipinski definition) is 7. The zero-order valence-electron chi connectivity index (χ0n) is 25.9. The van der Waals surface area contributed by atoms with Crippen molar-refractivity contribution in [3.05, 3.63) is 88.5 Å². The standard InChI is InChI=1S/C35H41N3O6/c1-23-25(19-32(39)40)17-24(20-36-21-33(41)44-35(2,3)4)18-31(23)37-13-15-38(16-14-37)34(42)43-22-30-28-11-7-5-9-26(28)27-10-6-8-12-29(27)30/h5-12,17-18,30,36H,13-16,19-22H2,1-4H3,(H,39,40). The number of fused-ring (bicyclic) bond motifs is 3. The van der Waals surface area contributed by atoms with Crippen molar-refractivity contribution in [2.45, 2.75) is 52.2 Å². The van der Waals surface area contributed by atoms with E-state index in [1.807, 2.05) is 64.1 Å². The lowest BCUT2D eigenvalue weighted by molar-refractivity contribution is -0.153. The smallest absolute Gasteiger partial charge is 0.409 e. The van der Waals surface area contributed by atoms with Crippen molar-refractivity contribution in [3.63, 3.8) is 0 Å². The van der Waals surface area contributed by atoms with Gasteiger partial charge < -0.3 is 29.7 Å². The minimum Gasteiger partial charge on any atom is -0.481 e. The monoisotopic (exact) mass is 599 g/mol. The summed E-state index contributed by atoms with van der Waals surface area (Å²) in [6.07, 6.45) is -0.423. The van der Waals surface area contributed by atoms with Gasteiger partial charge in [-0.2, -0.15) is 0 Å². The largest absolute Gasteiger partial charge is 0.481 e. The van der Waals surface area contributed by atoms with Gasteiger partial charge in [0.25, 0.3) is 0 Å². The molecule has 9 nitrogen and oxygen atoms in total. The first kappa shape index (κ1) is 31.1. The van der Waals surface area contributed by atoms with Crippen LogP contribution in [0.5, 0.6) is 0 Å². The Morgan fingerprint density at radius 3 is 2.14 bits per heavy atom. The van der Waals surface area contributed by atoms with E-state index in [1.165, 1.54) is 22.3 Å². The van der Waals surface area contributed by atoms with Crippen LogP contribution in [0.15, 0.2) is 60.7 Å². The van der Waals surface area contributed by atoms with Crippen molar-refractivity contribution < 1.29 is 29.0 Å². The second-order valence-corrected chi connectivity index (χ2v) is 12.4. The summed E-state index contributed by atoms with van der Waals surface area (Å²) in [5.41, 5.74) is 7.62. The number of anilines is 1. The van der Waals surface area contributed by atoms with Crippen LogP contribution in [0.2, 0.25) is 0 Å². The van der Waals surface area contributed by atoms with Crippen molar-refractivity contribution in [3.8, 4) is 11.1 Å². The van der Waals surface area contributed by atoms with Gasteiger partial charge in [-0.15, -0.1) is 0 Å². The summed E-state index contributed by atoms with van der Waals surface area (Å²) >= 11 is 0. The zero-order chi connectivity index (χ0) is 31.4. The topological polar surface area (TPSA) is 108 Å². The van der Waals surface area contributed by atoms with Crippen LogP contribution in [-0.4, -0.2) is 73.0 Å². The number of carboxylic acids is 1. The van der Waals surface area contributed by atoms with Crippen molar-refractivity contribution in [1.29, 1.82) is 0 Å². The molecular formula is C35H41N3O6. The second kappa shape index (κ2) is 13.1. The minimum atomic E-state index is -0.905. The number of amides is 1. The average Bonchev–Trinajstić information content (AvgIpc) is 3.30. The van der Waals surface area contributed by atoms with Gasteiger partial charge in [0.15, 0.2) is 0 Å². The number of aliphatic carboxylic acids is 1. The van der Waals surface area contributed by atoms with E-state index in [0.717, 1.165) is 22.4 Å². The molecule has 1 aliphatic heterocycles. The van der Waals surface area contributed by atoms with Crippen LogP contribution in [-0.2, 0) is 32.0 Å². The molecule has 0 saturated carbocycles. The fourth-order valence-electron chi connectivity index (χ4n) is 6.10. The number of ether oxygens (including phenoxy) is 2. The van der Waals surface area contributed by atoms with Crippen molar-refractivity contribution in [1.82, 2.24) is 10.2 Å². The van der Waals surface area contributed by atoms with Crippen LogP contribution in [0, 0.1) is 6.92 Å². The number of carbonyl (C=O) groups excluding carboxylic acids is 2. The van der Waals surface area contributed by atoms with Gasteiger partial charge >= 0.3 is 18.0 Å². The highest BCUT2D eigenvalue weighted by Crippen LogP contribution is 2.44. The number of benzene rings is 3. The van der Waals surface area contributed by atoms with Crippen molar-refractivity contribution in [2.75, 3.05) is 44.2 Å². The molecule has 9 heteroatoms. The van der Waals surface area contributed by atoms with Gasteiger partial charge in [0.2, 0.25) is 0 Å². The van der Waals surface area contributed by atoms with E-state index < -0.39 is 11.6 Å². The Morgan fingerprint density at radius 1 is 0.932 bits per heavy atom. The molecule has 1 amide bonds. The number of piperazine rings is 1. The van der Waals surface area contributed by atoms with E-state index in [-0.39, 0.29) is 37.6 Å². The quantitative estimate of drug-likeness (QED) is 0.326. The number of nitrogens with zero attached hydrogens (tertiary/aromatic N) is 2. The third kappa shape index (κ3) is 7.22. The number of nitrogens with one attached hydrogen (secondary N) is 1. The normalized spacial score (nSPS) is 14.6. The summed E-state index contributed by atoms with van der Waals surface area (Å²) < 4.78 is 11.2. The predicted octanol–water partition coefficient (Wildman–Crippen LogP) is 5.12. The molecule has 1 saturated heterocycles. The van der Waals surface area contributed by atoms with Gasteiger partial charge in [0.05, 0.1) is 13.0 Å². The van der Waals surface area contributed by atoms with E-state index >= 15 is 0 Å². The Hall–Kier alpha value is -4.37. The molecule has 5 rings (SSSR count). The maximum atomic E-state index is 13.2. The van der Waals surface area contributed by atoms with Crippen molar-refractivity contribution >= 4 is 23.7 Å². The van der Waals surface area contributed by atoms with Crippen LogP contribution in [0.4, 0.5) is 10.5 Å². The summed E-state index contributed by atoms with van der Waals surface area (Å²) in [6, 6.07) is 20.5. The number of esters is 1. The lowest BCUT2D eigenvalue weighted by Crippen LogP contribution is -2.49. The number of rotatable bonds is 9. The zero-order valence-corrected chi connectivity index (χ0v) is 25.9. The molecule has 0 spiro atoms. The maximum absolute atomic E-state index is 13.2. The second-order valence-electron chi connectivity index (χ2n) is 12.4. The van der Waals surface area contributed by atoms with Gasteiger partial charge in [-0.1, -0.05) is 54.6 Å². The average molecular weight is 600 g/mol. The molecule has 2 N–H and O–H groups in total. The highest BCUT2D eigenvalue weighted by molar-refractivity contribution is 5.79. The molecule has 0 aromatic heterocycles. The highest BCUT2D eigenvalue weighted by atomic mass is 16.6. The van der Waals surface area contributed by atoms with E-state index in [9.17, 15) is 19.5 Å². The van der Waals surface area contributed by atoms with Crippen LogP contribution >= 0.6 is 0 Å². The Bertz CT molecular complexity index is 1490. The van der Waals surface area contributed by atoms with Gasteiger partial charge in [0.1, 0.15) is 12.2 Å². The summed E-state index contributed by atoms with van der Waals surface area (Å²) in [7, 11) is 0. The number of hydrogen-bond donors (Lipinski definition) is 2. The van der Waals surface area contributed by atoms with E-state index in [2.05, 4.69) is 34.5 Å². The van der Waals surface area contributed by atoms with Gasteiger partial charge in [-0.05, 0) is 72.7 Å². The lowest BCUT2D eigenvalue weighted by Gasteiger charge is -2.37. The summed E-state index contributed by atoms with van der Waals surface area (Å²) in [6.45, 7) is 10.3. The van der Waals surface area contributed by atoms with E-state index in [1.54, 1.807) is 4.90 Å². The van der Waals surface area contributed by atoms with Gasteiger partial charge in [-0.3, -0.25) is 9.59 Å². The fraction of sp³-hybridized carbons (Fsp3) is 0.400. The maximum Gasteiger partial charge on any atom is 0.409 e. The Labute approximate surface area is 258 Å². The molecule has 0 bridgehead atoms. The number of carbonyl (C=O) groups is 3. The molecule has 0 unspecified atom stereocenters. The highest BCUT2D eigenvalue weighted by Gasteiger charge is 2.31. The van der Waals surface area contributed by atoms with Crippen LogP contribution < -0.4 is 10.2 Å². The molecule has 232 valence electrons. The van der Waals surface area contributed by atoms with Crippen LogP contribution in [0.25, 0.3) is 11.1 Å².